The van der Waals surface area contributed by atoms with Crippen LogP contribution >= 0.6 is 0 Å². The smallest absolute Gasteiger partial charge is 0.255 e. The Morgan fingerprint density at radius 3 is 2.72 bits per heavy atom. The average molecular weight is 246 g/mol. The van der Waals surface area contributed by atoms with Gasteiger partial charge in [0.2, 0.25) is 0 Å². The zero-order valence-electron chi connectivity index (χ0n) is 11.2. The number of anilines is 1. The predicted molar refractivity (Wildman–Crippen MR) is 74.4 cm³/mol. The minimum atomic E-state index is 0.0483. The average Bonchev–Trinajstić information content (AvgIpc) is 2.37. The first-order valence-corrected chi connectivity index (χ1v) is 6.71. The Hall–Kier alpha value is -1.51. The molecule has 0 spiro atoms. The maximum Gasteiger partial charge on any atom is 0.255 e. The van der Waals surface area contributed by atoms with E-state index < -0.39 is 0 Å². The van der Waals surface area contributed by atoms with Gasteiger partial charge in [-0.3, -0.25) is 4.79 Å². The van der Waals surface area contributed by atoms with Crippen molar-refractivity contribution in [3.8, 4) is 0 Å². The van der Waals surface area contributed by atoms with Crippen LogP contribution in [0.3, 0.4) is 0 Å². The number of benzene rings is 1. The standard InChI is InChI=1S/C15H22N2O/c1-11-6-5-7-12(10-11)17(2)15(18)13-8-3-4-9-14(13)16/h3-4,8-9,11-12H,5-7,10,16H2,1-2H3. The molecule has 0 bridgehead atoms. The summed E-state index contributed by atoms with van der Waals surface area (Å²) in [6, 6.07) is 7.67. The summed E-state index contributed by atoms with van der Waals surface area (Å²) >= 11 is 0. The summed E-state index contributed by atoms with van der Waals surface area (Å²) in [5.74, 6) is 0.763. The number of nitrogens with two attached hydrogens (primary N) is 1. The molecular weight excluding hydrogens is 224 g/mol. The van der Waals surface area contributed by atoms with Gasteiger partial charge in [-0.05, 0) is 30.9 Å². The van der Waals surface area contributed by atoms with E-state index in [1.807, 2.05) is 24.1 Å². The molecule has 2 atom stereocenters. The molecule has 1 aromatic rings. The van der Waals surface area contributed by atoms with Gasteiger partial charge in [-0.15, -0.1) is 0 Å². The normalized spacial score (nSPS) is 23.7. The lowest BCUT2D eigenvalue weighted by atomic mass is 9.86. The van der Waals surface area contributed by atoms with Gasteiger partial charge in [0.25, 0.3) is 5.91 Å². The fourth-order valence-corrected chi connectivity index (χ4v) is 2.80. The molecule has 18 heavy (non-hydrogen) atoms. The van der Waals surface area contributed by atoms with Crippen molar-refractivity contribution in [3.63, 3.8) is 0 Å². The fraction of sp³-hybridized carbons (Fsp3) is 0.533. The molecule has 1 aliphatic rings. The Morgan fingerprint density at radius 1 is 1.33 bits per heavy atom. The summed E-state index contributed by atoms with van der Waals surface area (Å²) in [4.78, 5) is 14.3. The van der Waals surface area contributed by atoms with Crippen molar-refractivity contribution >= 4 is 11.6 Å². The van der Waals surface area contributed by atoms with Crippen molar-refractivity contribution in [1.82, 2.24) is 4.90 Å². The molecule has 0 aliphatic heterocycles. The third-order valence-electron chi connectivity index (χ3n) is 3.97. The van der Waals surface area contributed by atoms with Gasteiger partial charge in [0.05, 0.1) is 5.56 Å². The van der Waals surface area contributed by atoms with E-state index in [-0.39, 0.29) is 5.91 Å². The van der Waals surface area contributed by atoms with Crippen LogP contribution in [-0.4, -0.2) is 23.9 Å². The number of amides is 1. The molecule has 1 fully saturated rings. The van der Waals surface area contributed by atoms with Crippen LogP contribution in [0.25, 0.3) is 0 Å². The molecule has 2 rings (SSSR count). The van der Waals surface area contributed by atoms with Crippen molar-refractivity contribution in [1.29, 1.82) is 0 Å². The van der Waals surface area contributed by atoms with Crippen LogP contribution in [0.2, 0.25) is 0 Å². The van der Waals surface area contributed by atoms with E-state index in [1.54, 1.807) is 12.1 Å². The molecule has 0 heterocycles. The van der Waals surface area contributed by atoms with Crippen molar-refractivity contribution in [3.05, 3.63) is 29.8 Å². The SMILES string of the molecule is CC1CCCC(N(C)C(=O)c2ccccc2N)C1. The lowest BCUT2D eigenvalue weighted by Crippen LogP contribution is -2.40. The van der Waals surface area contributed by atoms with E-state index in [0.29, 0.717) is 23.2 Å². The molecule has 0 radical (unpaired) electrons. The zero-order chi connectivity index (χ0) is 13.1. The third-order valence-corrected chi connectivity index (χ3v) is 3.97. The lowest BCUT2D eigenvalue weighted by Gasteiger charge is -2.34. The number of nitrogen functional groups attached to an aromatic ring is 1. The van der Waals surface area contributed by atoms with Gasteiger partial charge in [-0.2, -0.15) is 0 Å². The maximum atomic E-state index is 12.4. The van der Waals surface area contributed by atoms with Crippen LogP contribution < -0.4 is 5.73 Å². The summed E-state index contributed by atoms with van der Waals surface area (Å²) in [6.07, 6.45) is 4.72. The fourth-order valence-electron chi connectivity index (χ4n) is 2.80. The summed E-state index contributed by atoms with van der Waals surface area (Å²) in [5.41, 5.74) is 7.06. The number of carbonyl (C=O) groups is 1. The summed E-state index contributed by atoms with van der Waals surface area (Å²) in [7, 11) is 1.90. The molecule has 0 saturated heterocycles. The molecule has 3 heteroatoms. The van der Waals surface area contributed by atoms with Crippen molar-refractivity contribution in [2.45, 2.75) is 38.6 Å². The van der Waals surface area contributed by atoms with Crippen molar-refractivity contribution in [2.24, 2.45) is 5.92 Å². The van der Waals surface area contributed by atoms with Gasteiger partial charge in [-0.1, -0.05) is 31.9 Å². The summed E-state index contributed by atoms with van der Waals surface area (Å²) in [5, 5.41) is 0. The Bertz CT molecular complexity index is 430. The number of rotatable bonds is 2. The number of nitrogens with zero attached hydrogens (tertiary/aromatic N) is 1. The van der Waals surface area contributed by atoms with Crippen LogP contribution in [-0.2, 0) is 0 Å². The monoisotopic (exact) mass is 246 g/mol. The predicted octanol–water partition coefficient (Wildman–Crippen LogP) is 2.92. The van der Waals surface area contributed by atoms with Crippen LogP contribution in [0.15, 0.2) is 24.3 Å². The number of hydrogen-bond acceptors (Lipinski definition) is 2. The minimum absolute atomic E-state index is 0.0483. The van der Waals surface area contributed by atoms with Crippen molar-refractivity contribution in [2.75, 3.05) is 12.8 Å². The largest absolute Gasteiger partial charge is 0.398 e. The van der Waals surface area contributed by atoms with E-state index in [2.05, 4.69) is 6.92 Å². The van der Waals surface area contributed by atoms with E-state index >= 15 is 0 Å². The molecule has 2 unspecified atom stereocenters. The van der Waals surface area contributed by atoms with Gasteiger partial charge in [0, 0.05) is 18.8 Å². The quantitative estimate of drug-likeness (QED) is 0.815. The number of carbonyl (C=O) groups excluding carboxylic acids is 1. The third kappa shape index (κ3) is 2.66. The van der Waals surface area contributed by atoms with Crippen LogP contribution in [0.4, 0.5) is 5.69 Å². The summed E-state index contributed by atoms with van der Waals surface area (Å²) in [6.45, 7) is 2.27. The molecular formula is C15H22N2O. The Morgan fingerprint density at radius 2 is 2.06 bits per heavy atom. The molecule has 1 aromatic carbocycles. The molecule has 2 N–H and O–H groups in total. The first kappa shape index (κ1) is 12.9. The van der Waals surface area contributed by atoms with Gasteiger partial charge >= 0.3 is 0 Å². The van der Waals surface area contributed by atoms with Crippen LogP contribution in [0, 0.1) is 5.92 Å². The van der Waals surface area contributed by atoms with E-state index in [0.717, 1.165) is 12.8 Å². The highest BCUT2D eigenvalue weighted by atomic mass is 16.2. The van der Waals surface area contributed by atoms with Gasteiger partial charge in [0.1, 0.15) is 0 Å². The first-order valence-electron chi connectivity index (χ1n) is 6.71. The second-order valence-electron chi connectivity index (χ2n) is 5.43. The minimum Gasteiger partial charge on any atom is -0.398 e. The molecule has 98 valence electrons. The molecule has 0 aromatic heterocycles. The number of hydrogen-bond donors (Lipinski definition) is 1. The van der Waals surface area contributed by atoms with Crippen LogP contribution in [0.1, 0.15) is 43.0 Å². The van der Waals surface area contributed by atoms with E-state index in [4.69, 9.17) is 5.73 Å². The van der Waals surface area contributed by atoms with Crippen molar-refractivity contribution < 1.29 is 4.79 Å². The second-order valence-corrected chi connectivity index (χ2v) is 5.43. The molecule has 1 saturated carbocycles. The van der Waals surface area contributed by atoms with E-state index in [1.165, 1.54) is 12.8 Å². The highest BCUT2D eigenvalue weighted by molar-refractivity contribution is 5.99. The summed E-state index contributed by atoms with van der Waals surface area (Å²) < 4.78 is 0. The topological polar surface area (TPSA) is 46.3 Å². The van der Waals surface area contributed by atoms with E-state index in [9.17, 15) is 4.79 Å². The maximum absolute atomic E-state index is 12.4. The van der Waals surface area contributed by atoms with Gasteiger partial charge < -0.3 is 10.6 Å². The highest BCUT2D eigenvalue weighted by Gasteiger charge is 2.26. The first-order chi connectivity index (χ1) is 8.59. The number of para-hydroxylation sites is 1. The highest BCUT2D eigenvalue weighted by Crippen LogP contribution is 2.28. The zero-order valence-corrected chi connectivity index (χ0v) is 11.2. The van der Waals surface area contributed by atoms with Gasteiger partial charge in [0.15, 0.2) is 0 Å². The van der Waals surface area contributed by atoms with Gasteiger partial charge in [-0.25, -0.2) is 0 Å². The Balaban J connectivity index is 2.11. The molecule has 3 nitrogen and oxygen atoms in total. The molecule has 1 aliphatic carbocycles. The second kappa shape index (κ2) is 5.42. The Kier molecular flexibility index (Phi) is 3.90. The Labute approximate surface area is 109 Å². The lowest BCUT2D eigenvalue weighted by molar-refractivity contribution is 0.0673. The molecule has 1 amide bonds. The van der Waals surface area contributed by atoms with Crippen LogP contribution in [0.5, 0.6) is 0 Å².